The van der Waals surface area contributed by atoms with Crippen molar-refractivity contribution in [3.8, 4) is 5.75 Å². The number of hydrogen-bond acceptors (Lipinski definition) is 3. The molecule has 1 aromatic carbocycles. The van der Waals surface area contributed by atoms with E-state index < -0.39 is 5.41 Å². The Morgan fingerprint density at radius 2 is 2.26 bits per heavy atom. The zero-order valence-electron chi connectivity index (χ0n) is 14.1. The van der Waals surface area contributed by atoms with E-state index >= 15 is 0 Å². The largest absolute Gasteiger partial charge is 0.494 e. The van der Waals surface area contributed by atoms with Crippen LogP contribution >= 0.6 is 0 Å². The first kappa shape index (κ1) is 16.1. The molecule has 1 saturated carbocycles. The van der Waals surface area contributed by atoms with Gasteiger partial charge in [0.1, 0.15) is 5.75 Å². The summed E-state index contributed by atoms with van der Waals surface area (Å²) >= 11 is 0. The predicted octanol–water partition coefficient (Wildman–Crippen LogP) is 4.16. The molecule has 0 N–H and O–H groups in total. The fourth-order valence-corrected chi connectivity index (χ4v) is 3.78. The molecule has 1 saturated heterocycles. The second-order valence-corrected chi connectivity index (χ2v) is 7.44. The minimum Gasteiger partial charge on any atom is -0.494 e. The van der Waals surface area contributed by atoms with E-state index in [9.17, 15) is 4.79 Å². The fourth-order valence-electron chi connectivity index (χ4n) is 3.78. The highest BCUT2D eigenvalue weighted by Crippen LogP contribution is 2.52. The van der Waals surface area contributed by atoms with Gasteiger partial charge in [0.05, 0.1) is 18.6 Å². The van der Waals surface area contributed by atoms with Crippen molar-refractivity contribution in [1.82, 2.24) is 0 Å². The van der Waals surface area contributed by atoms with Gasteiger partial charge in [0.25, 0.3) is 0 Å². The summed E-state index contributed by atoms with van der Waals surface area (Å²) in [6.45, 7) is 9.76. The van der Waals surface area contributed by atoms with Gasteiger partial charge in [-0.15, -0.1) is 0 Å². The third-order valence-electron chi connectivity index (χ3n) is 5.09. The lowest BCUT2D eigenvalue weighted by Crippen LogP contribution is -2.31. The van der Waals surface area contributed by atoms with Crippen LogP contribution in [0.1, 0.15) is 38.7 Å². The summed E-state index contributed by atoms with van der Waals surface area (Å²) in [6.07, 6.45) is 3.44. The molecular formula is C20H26O3. The van der Waals surface area contributed by atoms with Crippen molar-refractivity contribution in [2.24, 2.45) is 17.3 Å². The average molecular weight is 314 g/mol. The third kappa shape index (κ3) is 3.29. The highest BCUT2D eigenvalue weighted by Gasteiger charge is 2.55. The molecule has 0 radical (unpaired) electrons. The van der Waals surface area contributed by atoms with Crippen molar-refractivity contribution < 1.29 is 14.3 Å². The van der Waals surface area contributed by atoms with Crippen LogP contribution in [-0.4, -0.2) is 19.2 Å². The van der Waals surface area contributed by atoms with E-state index in [0.717, 1.165) is 43.6 Å². The minimum atomic E-state index is -0.395. The van der Waals surface area contributed by atoms with Crippen LogP contribution < -0.4 is 4.74 Å². The van der Waals surface area contributed by atoms with Gasteiger partial charge in [-0.25, -0.2) is 0 Å². The normalized spacial score (nSPS) is 26.5. The Bertz CT molecular complexity index is 605. The highest BCUT2D eigenvalue weighted by molar-refractivity contribution is 5.81. The van der Waals surface area contributed by atoms with Crippen molar-refractivity contribution in [2.75, 3.05) is 13.2 Å². The van der Waals surface area contributed by atoms with Crippen LogP contribution in [0.15, 0.2) is 36.4 Å². The first-order chi connectivity index (χ1) is 11.0. The average Bonchev–Trinajstić information content (AvgIpc) is 2.94. The van der Waals surface area contributed by atoms with Crippen LogP contribution in [0, 0.1) is 17.3 Å². The molecule has 3 rings (SSSR count). The zero-order valence-corrected chi connectivity index (χ0v) is 14.1. The first-order valence-corrected chi connectivity index (χ1v) is 8.55. The zero-order chi connectivity index (χ0) is 16.4. The van der Waals surface area contributed by atoms with E-state index in [0.29, 0.717) is 12.5 Å². The van der Waals surface area contributed by atoms with Crippen molar-refractivity contribution in [1.29, 1.82) is 0 Å². The molecule has 1 aliphatic carbocycles. The van der Waals surface area contributed by atoms with Crippen molar-refractivity contribution in [3.63, 3.8) is 0 Å². The summed E-state index contributed by atoms with van der Waals surface area (Å²) in [5.41, 5.74) is 1.93. The van der Waals surface area contributed by atoms with Gasteiger partial charge in [0.15, 0.2) is 0 Å². The van der Waals surface area contributed by atoms with Crippen molar-refractivity contribution in [2.45, 2.75) is 39.5 Å². The molecule has 2 unspecified atom stereocenters. The number of esters is 1. The molecule has 23 heavy (non-hydrogen) atoms. The van der Waals surface area contributed by atoms with Crippen molar-refractivity contribution >= 4 is 5.97 Å². The standard InChI is InChI=1S/C20H26O3/c1-14(2)7-8-22-18-6-4-5-16(10-18)12-20-11-15(3)9-17(20)13-23-19(20)21/h4-6,10,14,17H,3,7-9,11-13H2,1-2H3. The summed E-state index contributed by atoms with van der Waals surface area (Å²) in [4.78, 5) is 12.4. The number of rotatable bonds is 6. The lowest BCUT2D eigenvalue weighted by molar-refractivity contribution is -0.146. The van der Waals surface area contributed by atoms with Gasteiger partial charge in [-0.3, -0.25) is 4.79 Å². The number of carbonyl (C=O) groups excluding carboxylic acids is 1. The Morgan fingerprint density at radius 1 is 1.43 bits per heavy atom. The van der Waals surface area contributed by atoms with Gasteiger partial charge in [-0.05, 0) is 49.3 Å². The van der Waals surface area contributed by atoms with Gasteiger partial charge >= 0.3 is 5.97 Å². The van der Waals surface area contributed by atoms with E-state index in [-0.39, 0.29) is 11.9 Å². The molecule has 0 bridgehead atoms. The van der Waals surface area contributed by atoms with E-state index in [1.54, 1.807) is 0 Å². The lowest BCUT2D eigenvalue weighted by atomic mass is 9.75. The van der Waals surface area contributed by atoms with Gasteiger partial charge in [0.2, 0.25) is 0 Å². The second-order valence-electron chi connectivity index (χ2n) is 7.44. The third-order valence-corrected chi connectivity index (χ3v) is 5.09. The molecule has 0 aromatic heterocycles. The van der Waals surface area contributed by atoms with Gasteiger partial charge in [-0.1, -0.05) is 38.1 Å². The number of hydrogen-bond donors (Lipinski definition) is 0. The van der Waals surface area contributed by atoms with Crippen molar-refractivity contribution in [3.05, 3.63) is 42.0 Å². The first-order valence-electron chi connectivity index (χ1n) is 8.55. The van der Waals surface area contributed by atoms with Crippen LogP contribution in [0.5, 0.6) is 5.75 Å². The van der Waals surface area contributed by atoms with Crippen LogP contribution in [0.2, 0.25) is 0 Å². The monoisotopic (exact) mass is 314 g/mol. The summed E-state index contributed by atoms with van der Waals surface area (Å²) < 4.78 is 11.2. The second kappa shape index (κ2) is 6.38. The quantitative estimate of drug-likeness (QED) is 0.584. The SMILES string of the molecule is C=C1CC2COC(=O)C2(Cc2cccc(OCCC(C)C)c2)C1. The molecule has 3 heteroatoms. The molecule has 3 nitrogen and oxygen atoms in total. The molecule has 0 amide bonds. The molecule has 1 heterocycles. The lowest BCUT2D eigenvalue weighted by Gasteiger charge is -2.24. The summed E-state index contributed by atoms with van der Waals surface area (Å²) in [6, 6.07) is 8.14. The van der Waals surface area contributed by atoms with Crippen LogP contribution in [0.4, 0.5) is 0 Å². The molecule has 2 fully saturated rings. The summed E-state index contributed by atoms with van der Waals surface area (Å²) in [5, 5.41) is 0. The predicted molar refractivity (Wildman–Crippen MR) is 90.4 cm³/mol. The fraction of sp³-hybridized carbons (Fsp3) is 0.550. The van der Waals surface area contributed by atoms with E-state index in [1.165, 1.54) is 5.57 Å². The Hall–Kier alpha value is -1.77. The molecular weight excluding hydrogens is 288 g/mol. The highest BCUT2D eigenvalue weighted by atomic mass is 16.5. The molecule has 1 aromatic rings. The number of ether oxygens (including phenoxy) is 2. The summed E-state index contributed by atoms with van der Waals surface area (Å²) in [5.74, 6) is 1.76. The van der Waals surface area contributed by atoms with Crippen LogP contribution in [-0.2, 0) is 16.0 Å². The number of benzene rings is 1. The molecule has 2 aliphatic rings. The molecule has 0 spiro atoms. The Labute approximate surface area is 138 Å². The smallest absolute Gasteiger partial charge is 0.313 e. The van der Waals surface area contributed by atoms with Crippen LogP contribution in [0.3, 0.4) is 0 Å². The number of carbonyl (C=O) groups is 1. The maximum atomic E-state index is 12.4. The summed E-state index contributed by atoms with van der Waals surface area (Å²) in [7, 11) is 0. The molecule has 124 valence electrons. The Balaban J connectivity index is 1.72. The Morgan fingerprint density at radius 3 is 3.04 bits per heavy atom. The maximum Gasteiger partial charge on any atom is 0.313 e. The van der Waals surface area contributed by atoms with E-state index in [1.807, 2.05) is 12.1 Å². The number of cyclic esters (lactones) is 1. The van der Waals surface area contributed by atoms with Crippen LogP contribution in [0.25, 0.3) is 0 Å². The van der Waals surface area contributed by atoms with E-state index in [2.05, 4.69) is 32.6 Å². The minimum absolute atomic E-state index is 0.0488. The van der Waals surface area contributed by atoms with Gasteiger partial charge in [-0.2, -0.15) is 0 Å². The molecule has 1 aliphatic heterocycles. The Kier molecular flexibility index (Phi) is 4.47. The van der Waals surface area contributed by atoms with E-state index in [4.69, 9.17) is 9.47 Å². The molecule has 2 atom stereocenters. The number of allylic oxidation sites excluding steroid dienone is 1. The van der Waals surface area contributed by atoms with Gasteiger partial charge < -0.3 is 9.47 Å². The maximum absolute atomic E-state index is 12.4. The topological polar surface area (TPSA) is 35.5 Å². The van der Waals surface area contributed by atoms with Gasteiger partial charge in [0, 0.05) is 5.92 Å². The number of fused-ring (bicyclic) bond motifs is 1.